The summed E-state index contributed by atoms with van der Waals surface area (Å²) in [6.07, 6.45) is 0. The Kier molecular flexibility index (Phi) is 3.97. The Morgan fingerprint density at radius 2 is 2.00 bits per heavy atom. The van der Waals surface area contributed by atoms with Crippen molar-refractivity contribution in [3.8, 4) is 0 Å². The van der Waals surface area contributed by atoms with Gasteiger partial charge in [0.2, 0.25) is 0 Å². The summed E-state index contributed by atoms with van der Waals surface area (Å²) in [5.41, 5.74) is 2.94. The highest BCUT2D eigenvalue weighted by molar-refractivity contribution is 5.92. The van der Waals surface area contributed by atoms with Crippen LogP contribution in [0.15, 0.2) is 18.2 Å². The van der Waals surface area contributed by atoms with Gasteiger partial charge in [-0.25, -0.2) is 4.79 Å². The van der Waals surface area contributed by atoms with E-state index in [9.17, 15) is 9.59 Å². The Morgan fingerprint density at radius 1 is 1.35 bits per heavy atom. The number of hydrogen-bond donors (Lipinski definition) is 2. The van der Waals surface area contributed by atoms with E-state index in [4.69, 9.17) is 5.11 Å². The Hall–Kier alpha value is -2.04. The van der Waals surface area contributed by atoms with Crippen LogP contribution in [-0.2, 0) is 4.79 Å². The fourth-order valence-electron chi connectivity index (χ4n) is 2.33. The lowest BCUT2D eigenvalue weighted by Gasteiger charge is -2.36. The van der Waals surface area contributed by atoms with Gasteiger partial charge in [0.15, 0.2) is 0 Å². The van der Waals surface area contributed by atoms with Crippen molar-refractivity contribution in [3.63, 3.8) is 0 Å². The van der Waals surface area contributed by atoms with Gasteiger partial charge in [-0.05, 0) is 24.0 Å². The van der Waals surface area contributed by atoms with Gasteiger partial charge in [0, 0.05) is 18.8 Å². The molecule has 0 spiro atoms. The summed E-state index contributed by atoms with van der Waals surface area (Å²) >= 11 is 0. The molecule has 0 unspecified atom stereocenters. The smallest absolute Gasteiger partial charge is 0.321 e. The molecule has 1 aromatic rings. The molecule has 1 aromatic carbocycles. The number of amides is 2. The van der Waals surface area contributed by atoms with Crippen LogP contribution < -0.4 is 5.32 Å². The first-order chi connectivity index (χ1) is 9.40. The number of rotatable bonds is 3. The standard InChI is InChI=1S/C15H20N2O3/c1-9(2)12-6-4-5-10(3)13(12)16-15(20)17-7-11(8-17)14(18)19/h4-6,9,11H,7-8H2,1-3H3,(H,16,20)(H,18,19). The van der Waals surface area contributed by atoms with Crippen LogP contribution in [0.5, 0.6) is 0 Å². The molecule has 0 atom stereocenters. The fraction of sp³-hybridized carbons (Fsp3) is 0.467. The minimum atomic E-state index is -0.840. The molecular weight excluding hydrogens is 256 g/mol. The molecule has 0 aromatic heterocycles. The molecule has 0 aliphatic carbocycles. The summed E-state index contributed by atoms with van der Waals surface area (Å²) in [5.74, 6) is -0.955. The average molecular weight is 276 g/mol. The number of nitrogens with one attached hydrogen (secondary N) is 1. The van der Waals surface area contributed by atoms with Gasteiger partial charge in [-0.1, -0.05) is 32.0 Å². The van der Waals surface area contributed by atoms with E-state index in [-0.39, 0.29) is 19.1 Å². The number of nitrogens with zero attached hydrogens (tertiary/aromatic N) is 1. The monoisotopic (exact) mass is 276 g/mol. The third-order valence-electron chi connectivity index (χ3n) is 3.68. The van der Waals surface area contributed by atoms with Crippen LogP contribution in [0.3, 0.4) is 0 Å². The summed E-state index contributed by atoms with van der Waals surface area (Å²) in [6.45, 7) is 6.68. The van der Waals surface area contributed by atoms with E-state index in [0.717, 1.165) is 16.8 Å². The topological polar surface area (TPSA) is 69.6 Å². The van der Waals surface area contributed by atoms with E-state index in [0.29, 0.717) is 5.92 Å². The summed E-state index contributed by atoms with van der Waals surface area (Å²) in [4.78, 5) is 24.4. The number of aliphatic carboxylic acids is 1. The van der Waals surface area contributed by atoms with Crippen molar-refractivity contribution < 1.29 is 14.7 Å². The average Bonchev–Trinajstić information content (AvgIpc) is 2.28. The van der Waals surface area contributed by atoms with Gasteiger partial charge in [0.1, 0.15) is 0 Å². The van der Waals surface area contributed by atoms with Crippen molar-refractivity contribution >= 4 is 17.7 Å². The largest absolute Gasteiger partial charge is 0.481 e. The van der Waals surface area contributed by atoms with Gasteiger partial charge < -0.3 is 15.3 Å². The number of para-hydroxylation sites is 1. The Morgan fingerprint density at radius 3 is 2.55 bits per heavy atom. The molecule has 2 amide bonds. The van der Waals surface area contributed by atoms with Crippen molar-refractivity contribution in [1.82, 2.24) is 4.90 Å². The minimum Gasteiger partial charge on any atom is -0.481 e. The lowest BCUT2D eigenvalue weighted by molar-refractivity contribution is -0.145. The first-order valence-corrected chi connectivity index (χ1v) is 6.78. The SMILES string of the molecule is Cc1cccc(C(C)C)c1NC(=O)N1CC(C(=O)O)C1. The minimum absolute atomic E-state index is 0.223. The van der Waals surface area contributed by atoms with E-state index < -0.39 is 11.9 Å². The quantitative estimate of drug-likeness (QED) is 0.891. The van der Waals surface area contributed by atoms with Gasteiger partial charge >= 0.3 is 12.0 Å². The normalized spacial score (nSPS) is 15.1. The van der Waals surface area contributed by atoms with Gasteiger partial charge in [-0.3, -0.25) is 4.79 Å². The summed E-state index contributed by atoms with van der Waals surface area (Å²) in [6, 6.07) is 5.71. The van der Waals surface area contributed by atoms with Crippen LogP contribution in [0.4, 0.5) is 10.5 Å². The summed E-state index contributed by atoms with van der Waals surface area (Å²) in [5, 5.41) is 11.7. The second-order valence-corrected chi connectivity index (χ2v) is 5.56. The third kappa shape index (κ3) is 2.76. The lowest BCUT2D eigenvalue weighted by Crippen LogP contribution is -2.54. The highest BCUT2D eigenvalue weighted by Crippen LogP contribution is 2.28. The van der Waals surface area contributed by atoms with Crippen molar-refractivity contribution in [3.05, 3.63) is 29.3 Å². The molecule has 108 valence electrons. The first kappa shape index (κ1) is 14.4. The Bertz CT molecular complexity index is 534. The predicted molar refractivity (Wildman–Crippen MR) is 77.0 cm³/mol. The molecule has 20 heavy (non-hydrogen) atoms. The van der Waals surface area contributed by atoms with Gasteiger partial charge in [0.25, 0.3) is 0 Å². The van der Waals surface area contributed by atoms with E-state index >= 15 is 0 Å². The van der Waals surface area contributed by atoms with Crippen LogP contribution in [0.2, 0.25) is 0 Å². The molecule has 5 heteroatoms. The van der Waals surface area contributed by atoms with Crippen molar-refractivity contribution in [2.45, 2.75) is 26.7 Å². The zero-order valence-corrected chi connectivity index (χ0v) is 12.0. The number of carbonyl (C=O) groups is 2. The Labute approximate surface area is 118 Å². The number of urea groups is 1. The van der Waals surface area contributed by atoms with Crippen LogP contribution in [0, 0.1) is 12.8 Å². The lowest BCUT2D eigenvalue weighted by atomic mass is 9.98. The number of hydrogen-bond acceptors (Lipinski definition) is 2. The maximum Gasteiger partial charge on any atom is 0.321 e. The van der Waals surface area contributed by atoms with Crippen molar-refractivity contribution in [1.29, 1.82) is 0 Å². The molecule has 1 aliphatic heterocycles. The maximum atomic E-state index is 12.1. The molecule has 0 saturated carbocycles. The molecule has 1 heterocycles. The third-order valence-corrected chi connectivity index (χ3v) is 3.68. The molecule has 0 bridgehead atoms. The van der Waals surface area contributed by atoms with E-state index in [1.807, 2.05) is 25.1 Å². The van der Waals surface area contributed by atoms with E-state index in [1.165, 1.54) is 4.90 Å². The van der Waals surface area contributed by atoms with Gasteiger partial charge in [-0.2, -0.15) is 0 Å². The van der Waals surface area contributed by atoms with Crippen molar-refractivity contribution in [2.24, 2.45) is 5.92 Å². The number of carboxylic acid groups (broad SMARTS) is 1. The van der Waals surface area contributed by atoms with Crippen LogP contribution in [-0.4, -0.2) is 35.1 Å². The zero-order chi connectivity index (χ0) is 14.9. The molecule has 0 radical (unpaired) electrons. The molecule has 2 N–H and O–H groups in total. The van der Waals surface area contributed by atoms with Gasteiger partial charge in [0.05, 0.1) is 5.92 Å². The number of carbonyl (C=O) groups excluding carboxylic acids is 1. The van der Waals surface area contributed by atoms with E-state index in [2.05, 4.69) is 19.2 Å². The number of carboxylic acids is 1. The molecule has 1 saturated heterocycles. The summed E-state index contributed by atoms with van der Waals surface area (Å²) < 4.78 is 0. The Balaban J connectivity index is 2.07. The molecule has 1 fully saturated rings. The molecule has 2 rings (SSSR count). The number of likely N-dealkylation sites (tertiary alicyclic amines) is 1. The van der Waals surface area contributed by atoms with E-state index in [1.54, 1.807) is 0 Å². The van der Waals surface area contributed by atoms with Crippen molar-refractivity contribution in [2.75, 3.05) is 18.4 Å². The zero-order valence-electron chi connectivity index (χ0n) is 12.0. The highest BCUT2D eigenvalue weighted by Gasteiger charge is 2.35. The summed E-state index contributed by atoms with van der Waals surface area (Å²) in [7, 11) is 0. The van der Waals surface area contributed by atoms with Gasteiger partial charge in [-0.15, -0.1) is 0 Å². The number of aryl methyl sites for hydroxylation is 1. The second-order valence-electron chi connectivity index (χ2n) is 5.56. The number of benzene rings is 1. The van der Waals surface area contributed by atoms with Crippen LogP contribution >= 0.6 is 0 Å². The van der Waals surface area contributed by atoms with Crippen LogP contribution in [0.25, 0.3) is 0 Å². The number of anilines is 1. The first-order valence-electron chi connectivity index (χ1n) is 6.78. The molecular formula is C15H20N2O3. The fourth-order valence-corrected chi connectivity index (χ4v) is 2.33. The maximum absolute atomic E-state index is 12.1. The molecule has 1 aliphatic rings. The second kappa shape index (κ2) is 5.53. The highest BCUT2D eigenvalue weighted by atomic mass is 16.4. The predicted octanol–water partition coefficient (Wildman–Crippen LogP) is 2.67. The molecule has 5 nitrogen and oxygen atoms in total. The van der Waals surface area contributed by atoms with Crippen LogP contribution in [0.1, 0.15) is 30.9 Å².